The lowest BCUT2D eigenvalue weighted by atomic mass is 9.46. The molecule has 36 heavy (non-hydrogen) atoms. The van der Waals surface area contributed by atoms with Crippen molar-refractivity contribution in [3.8, 4) is 0 Å². The first-order valence-corrected chi connectivity index (χ1v) is 13.4. The monoisotopic (exact) mass is 501 g/mol. The standard InChI is InChI=1S/C27H39N3O6/c1-6-34-24(33)30-29-23-28-22-14-21-19-8-7-17-13-18(35-16(3)32)9-11-25(17,4)20(19)10-12-26(21,5)27(22,36-23)15(2)31/h7,18-22H,6,8-14H2,1-5H3,(H,28,29)(H,30,33)/t18-,19?,20?,21?,22+,25-,26-,27+/m0/s1. The molecule has 3 unspecified atom stereocenters. The van der Waals surface area contributed by atoms with Crippen molar-refractivity contribution in [2.24, 2.45) is 33.6 Å². The zero-order valence-electron chi connectivity index (χ0n) is 22.0. The van der Waals surface area contributed by atoms with Crippen LogP contribution in [0.25, 0.3) is 0 Å². The summed E-state index contributed by atoms with van der Waals surface area (Å²) >= 11 is 0. The average molecular weight is 502 g/mol. The lowest BCUT2D eigenvalue weighted by molar-refractivity contribution is -0.156. The third kappa shape index (κ3) is 3.56. The van der Waals surface area contributed by atoms with Gasteiger partial charge in [-0.15, -0.1) is 0 Å². The Bertz CT molecular complexity index is 1020. The van der Waals surface area contributed by atoms with Gasteiger partial charge in [-0.25, -0.2) is 20.6 Å². The summed E-state index contributed by atoms with van der Waals surface area (Å²) in [6.07, 6.45) is 8.19. The van der Waals surface area contributed by atoms with Crippen LogP contribution in [0, 0.1) is 28.6 Å². The van der Waals surface area contributed by atoms with E-state index in [-0.39, 0.29) is 47.4 Å². The number of ketones is 1. The quantitative estimate of drug-likeness (QED) is 0.343. The Morgan fingerprint density at radius 2 is 1.94 bits per heavy atom. The summed E-state index contributed by atoms with van der Waals surface area (Å²) in [7, 11) is 0. The normalized spacial score (nSPS) is 42.3. The molecule has 0 spiro atoms. The molecule has 4 aliphatic carbocycles. The molecule has 9 heteroatoms. The van der Waals surface area contributed by atoms with E-state index in [1.54, 1.807) is 13.8 Å². The fraction of sp³-hybridized carbons (Fsp3) is 0.778. The van der Waals surface area contributed by atoms with Crippen molar-refractivity contribution in [2.45, 2.75) is 97.3 Å². The van der Waals surface area contributed by atoms with Crippen molar-refractivity contribution in [3.05, 3.63) is 11.6 Å². The SMILES string of the molecule is CCOC(=O)NNC1=N[C@@H]2CC3C4CC=C5C[C@@H](OC(C)=O)CC[C@]5(C)C4CC[C@]3(C)[C@]2(C(C)=O)O1. The fourth-order valence-corrected chi connectivity index (χ4v) is 8.65. The number of ether oxygens (including phenoxy) is 3. The van der Waals surface area contributed by atoms with E-state index < -0.39 is 11.7 Å². The molecule has 0 aromatic carbocycles. The number of amidine groups is 1. The minimum absolute atomic E-state index is 0.00669. The average Bonchev–Trinajstić information content (AvgIpc) is 3.30. The Kier molecular flexibility index (Phi) is 6.11. The smallest absolute Gasteiger partial charge is 0.426 e. The highest BCUT2D eigenvalue weighted by molar-refractivity contribution is 5.93. The van der Waals surface area contributed by atoms with Crippen molar-refractivity contribution in [3.63, 3.8) is 0 Å². The third-order valence-corrected chi connectivity index (χ3v) is 10.2. The zero-order chi connectivity index (χ0) is 25.9. The predicted octanol–water partition coefficient (Wildman–Crippen LogP) is 3.82. The van der Waals surface area contributed by atoms with Crippen LogP contribution in [-0.2, 0) is 23.8 Å². The summed E-state index contributed by atoms with van der Waals surface area (Å²) in [4.78, 5) is 41.3. The predicted molar refractivity (Wildman–Crippen MR) is 132 cm³/mol. The molecular formula is C27H39N3O6. The molecule has 0 aromatic rings. The molecule has 3 saturated carbocycles. The van der Waals surface area contributed by atoms with Crippen molar-refractivity contribution in [1.29, 1.82) is 0 Å². The molecule has 1 amide bonds. The molecule has 0 aromatic heterocycles. The molecule has 0 radical (unpaired) electrons. The molecule has 198 valence electrons. The van der Waals surface area contributed by atoms with Crippen LogP contribution >= 0.6 is 0 Å². The zero-order valence-corrected chi connectivity index (χ0v) is 22.0. The highest BCUT2D eigenvalue weighted by Gasteiger charge is 2.73. The number of carbonyl (C=O) groups is 3. The van der Waals surface area contributed by atoms with Crippen LogP contribution in [0.3, 0.4) is 0 Å². The number of allylic oxidation sites excluding steroid dienone is 1. The van der Waals surface area contributed by atoms with E-state index in [1.165, 1.54) is 12.5 Å². The number of nitrogens with one attached hydrogen (secondary N) is 2. The van der Waals surface area contributed by atoms with Gasteiger partial charge in [0.15, 0.2) is 11.4 Å². The minimum Gasteiger partial charge on any atom is -0.462 e. The number of esters is 1. The lowest BCUT2D eigenvalue weighted by Gasteiger charge is -2.58. The van der Waals surface area contributed by atoms with Crippen LogP contribution in [0.1, 0.15) is 79.6 Å². The summed E-state index contributed by atoms with van der Waals surface area (Å²) in [5, 5.41) is 0. The van der Waals surface area contributed by atoms with Crippen molar-refractivity contribution < 1.29 is 28.6 Å². The number of rotatable bonds is 3. The summed E-state index contributed by atoms with van der Waals surface area (Å²) in [6, 6.07) is -0.111. The van der Waals surface area contributed by atoms with Crippen LogP contribution in [0.5, 0.6) is 0 Å². The molecule has 0 bridgehead atoms. The van der Waals surface area contributed by atoms with E-state index in [2.05, 4.69) is 30.8 Å². The number of hydrogen-bond donors (Lipinski definition) is 2. The van der Waals surface area contributed by atoms with Crippen LogP contribution in [0.15, 0.2) is 16.6 Å². The van der Waals surface area contributed by atoms with Crippen molar-refractivity contribution in [1.82, 2.24) is 10.9 Å². The van der Waals surface area contributed by atoms with E-state index in [4.69, 9.17) is 19.2 Å². The summed E-state index contributed by atoms with van der Waals surface area (Å²) < 4.78 is 16.8. The van der Waals surface area contributed by atoms with Crippen LogP contribution in [-0.4, -0.2) is 48.2 Å². The highest BCUT2D eigenvalue weighted by Crippen LogP contribution is 2.69. The Morgan fingerprint density at radius 3 is 2.64 bits per heavy atom. The second-order valence-electron chi connectivity index (χ2n) is 11.7. The van der Waals surface area contributed by atoms with Crippen LogP contribution in [0.2, 0.25) is 0 Å². The summed E-state index contributed by atoms with van der Waals surface area (Å²) in [5.74, 6) is 1.09. The number of fused-ring (bicyclic) bond motifs is 7. The van der Waals surface area contributed by atoms with Crippen molar-refractivity contribution >= 4 is 23.9 Å². The topological polar surface area (TPSA) is 115 Å². The van der Waals surface area contributed by atoms with Crippen LogP contribution in [0.4, 0.5) is 4.79 Å². The number of amides is 1. The maximum atomic E-state index is 13.3. The Morgan fingerprint density at radius 1 is 1.17 bits per heavy atom. The highest BCUT2D eigenvalue weighted by atomic mass is 16.6. The number of hydrazine groups is 1. The molecule has 1 aliphatic heterocycles. The van der Waals surface area contributed by atoms with Crippen molar-refractivity contribution in [2.75, 3.05) is 6.61 Å². The first-order chi connectivity index (χ1) is 17.0. The van der Waals surface area contributed by atoms with Gasteiger partial charge in [-0.2, -0.15) is 0 Å². The van der Waals surface area contributed by atoms with Gasteiger partial charge in [-0.05, 0) is 75.5 Å². The van der Waals surface area contributed by atoms with Gasteiger partial charge in [0.05, 0.1) is 6.61 Å². The molecule has 9 nitrogen and oxygen atoms in total. The summed E-state index contributed by atoms with van der Waals surface area (Å²) in [6.45, 7) is 9.69. The van der Waals surface area contributed by atoms with Gasteiger partial charge >= 0.3 is 18.1 Å². The second-order valence-corrected chi connectivity index (χ2v) is 11.7. The third-order valence-electron chi connectivity index (χ3n) is 10.2. The van der Waals surface area contributed by atoms with Gasteiger partial charge in [-0.3, -0.25) is 9.59 Å². The summed E-state index contributed by atoms with van der Waals surface area (Å²) in [5.41, 5.74) is 5.31. The van der Waals surface area contributed by atoms with Gasteiger partial charge < -0.3 is 14.2 Å². The van der Waals surface area contributed by atoms with E-state index >= 15 is 0 Å². The fourth-order valence-electron chi connectivity index (χ4n) is 8.65. The van der Waals surface area contributed by atoms with E-state index in [0.717, 1.165) is 44.9 Å². The molecule has 3 fully saturated rings. The number of Topliss-reactive ketones (excluding diaryl/α,β-unsaturated/α-hetero) is 1. The van der Waals surface area contributed by atoms with Gasteiger partial charge in [0.2, 0.25) is 0 Å². The first kappa shape index (κ1) is 25.1. The van der Waals surface area contributed by atoms with E-state index in [9.17, 15) is 14.4 Å². The maximum Gasteiger partial charge on any atom is 0.426 e. The molecular weight excluding hydrogens is 462 g/mol. The van der Waals surface area contributed by atoms with Gasteiger partial charge in [0.25, 0.3) is 0 Å². The second kappa shape index (κ2) is 8.77. The number of nitrogens with zero attached hydrogens (tertiary/aromatic N) is 1. The Hall–Kier alpha value is -2.58. The number of aliphatic imine (C=N–C) groups is 1. The molecule has 0 saturated heterocycles. The van der Waals surface area contributed by atoms with Crippen LogP contribution < -0.4 is 10.9 Å². The molecule has 8 atom stereocenters. The van der Waals surface area contributed by atoms with Gasteiger partial charge in [0.1, 0.15) is 12.1 Å². The number of hydrogen-bond acceptors (Lipinski definition) is 8. The largest absolute Gasteiger partial charge is 0.462 e. The Labute approximate surface area is 212 Å². The first-order valence-electron chi connectivity index (χ1n) is 13.4. The molecule has 5 rings (SSSR count). The van der Waals surface area contributed by atoms with Gasteiger partial charge in [-0.1, -0.05) is 25.5 Å². The lowest BCUT2D eigenvalue weighted by Crippen LogP contribution is -2.60. The Balaban J connectivity index is 1.39. The van der Waals surface area contributed by atoms with Gasteiger partial charge in [0, 0.05) is 18.8 Å². The van der Waals surface area contributed by atoms with E-state index in [0.29, 0.717) is 17.8 Å². The maximum absolute atomic E-state index is 13.3. The molecule has 5 aliphatic rings. The molecule has 1 heterocycles. The minimum atomic E-state index is -1.03. The number of carbonyl (C=O) groups excluding carboxylic acids is 3. The molecule has 2 N–H and O–H groups in total. The van der Waals surface area contributed by atoms with E-state index in [1.807, 2.05) is 0 Å².